The summed E-state index contributed by atoms with van der Waals surface area (Å²) in [6.45, 7) is 3.59. The molecule has 0 radical (unpaired) electrons. The van der Waals surface area contributed by atoms with E-state index < -0.39 is 0 Å². The molecule has 5 nitrogen and oxygen atoms in total. The minimum Gasteiger partial charge on any atom is -0.459 e. The maximum Gasteiger partial charge on any atom is 0.294 e. The number of anilines is 2. The van der Waals surface area contributed by atoms with Crippen LogP contribution in [0, 0.1) is 0 Å². The molecular formula is C23H22N2O3. The normalized spacial score (nSPS) is 18.4. The number of carbonyl (C=O) groups is 2. The number of nitrogens with zero attached hydrogens (tertiary/aromatic N) is 2. The number of benzene rings is 2. The Hall–Kier alpha value is -3.34. The first-order valence-electron chi connectivity index (χ1n) is 9.38. The van der Waals surface area contributed by atoms with Crippen molar-refractivity contribution in [1.29, 1.82) is 0 Å². The van der Waals surface area contributed by atoms with Crippen molar-refractivity contribution in [3.8, 4) is 0 Å². The highest BCUT2D eigenvalue weighted by atomic mass is 16.3. The molecular weight excluding hydrogens is 352 g/mol. The highest BCUT2D eigenvalue weighted by molar-refractivity contribution is 6.06. The molecule has 4 rings (SSSR count). The van der Waals surface area contributed by atoms with E-state index in [0.717, 1.165) is 16.9 Å². The standard InChI is InChI=1S/C23H22N2O3/c1-16-15-21(25(17(2)26)18-9-4-3-5-10-18)19-11-6-7-12-20(19)24(16)23(27)22-13-8-14-28-22/h3-14,16,21H,15H2,1-2H3/t16-,21+/m0/s1. The van der Waals surface area contributed by atoms with Crippen molar-refractivity contribution in [2.24, 2.45) is 0 Å². The van der Waals surface area contributed by atoms with E-state index in [4.69, 9.17) is 4.42 Å². The van der Waals surface area contributed by atoms with E-state index in [2.05, 4.69) is 0 Å². The number of para-hydroxylation sites is 2. The highest BCUT2D eigenvalue weighted by Crippen LogP contribution is 2.42. The number of rotatable bonds is 3. The molecule has 0 N–H and O–H groups in total. The molecule has 2 atom stereocenters. The van der Waals surface area contributed by atoms with E-state index in [-0.39, 0.29) is 23.9 Å². The summed E-state index contributed by atoms with van der Waals surface area (Å²) in [5, 5.41) is 0. The van der Waals surface area contributed by atoms with Crippen LogP contribution < -0.4 is 9.80 Å². The van der Waals surface area contributed by atoms with Crippen LogP contribution in [0.15, 0.2) is 77.4 Å². The lowest BCUT2D eigenvalue weighted by Crippen LogP contribution is -2.47. The molecule has 1 aliphatic rings. The zero-order chi connectivity index (χ0) is 19.7. The summed E-state index contributed by atoms with van der Waals surface area (Å²) >= 11 is 0. The van der Waals surface area contributed by atoms with Gasteiger partial charge in [-0.15, -0.1) is 0 Å². The van der Waals surface area contributed by atoms with Gasteiger partial charge >= 0.3 is 0 Å². The first kappa shape index (κ1) is 18.0. The molecule has 0 saturated carbocycles. The fraction of sp³-hybridized carbons (Fsp3) is 0.217. The average molecular weight is 374 g/mol. The Labute approximate surface area is 164 Å². The first-order chi connectivity index (χ1) is 13.6. The average Bonchev–Trinajstić information content (AvgIpc) is 3.23. The second-order valence-electron chi connectivity index (χ2n) is 7.04. The molecule has 2 amide bonds. The van der Waals surface area contributed by atoms with Crippen molar-refractivity contribution < 1.29 is 14.0 Å². The molecule has 0 saturated heterocycles. The van der Waals surface area contributed by atoms with Gasteiger partial charge in [-0.05, 0) is 49.2 Å². The number of furan rings is 1. The summed E-state index contributed by atoms with van der Waals surface area (Å²) in [4.78, 5) is 29.3. The highest BCUT2D eigenvalue weighted by Gasteiger charge is 2.38. The lowest BCUT2D eigenvalue weighted by Gasteiger charge is -2.43. The fourth-order valence-electron chi connectivity index (χ4n) is 4.02. The van der Waals surface area contributed by atoms with Crippen molar-refractivity contribution in [3.05, 3.63) is 84.3 Å². The second-order valence-corrected chi connectivity index (χ2v) is 7.04. The number of hydrogen-bond acceptors (Lipinski definition) is 3. The Bertz CT molecular complexity index is 982. The predicted octanol–water partition coefficient (Wildman–Crippen LogP) is 4.81. The summed E-state index contributed by atoms with van der Waals surface area (Å²) < 4.78 is 5.34. The predicted molar refractivity (Wildman–Crippen MR) is 108 cm³/mol. The molecule has 5 heteroatoms. The zero-order valence-electron chi connectivity index (χ0n) is 15.9. The van der Waals surface area contributed by atoms with E-state index in [1.165, 1.54) is 6.26 Å². The van der Waals surface area contributed by atoms with Crippen LogP contribution in [0.4, 0.5) is 11.4 Å². The van der Waals surface area contributed by atoms with Crippen LogP contribution in [0.2, 0.25) is 0 Å². The number of fused-ring (bicyclic) bond motifs is 1. The van der Waals surface area contributed by atoms with Crippen molar-refractivity contribution in [2.75, 3.05) is 9.80 Å². The smallest absolute Gasteiger partial charge is 0.294 e. The summed E-state index contributed by atoms with van der Waals surface area (Å²) in [7, 11) is 0. The summed E-state index contributed by atoms with van der Waals surface area (Å²) in [5.74, 6) is 0.119. The summed E-state index contributed by atoms with van der Waals surface area (Å²) in [6, 6.07) is 20.6. The fourth-order valence-corrected chi connectivity index (χ4v) is 4.02. The molecule has 28 heavy (non-hydrogen) atoms. The molecule has 0 aliphatic carbocycles. The van der Waals surface area contributed by atoms with E-state index in [1.807, 2.05) is 66.4 Å². The van der Waals surface area contributed by atoms with Gasteiger partial charge in [-0.2, -0.15) is 0 Å². The first-order valence-corrected chi connectivity index (χ1v) is 9.38. The van der Waals surface area contributed by atoms with Crippen LogP contribution in [-0.4, -0.2) is 17.9 Å². The van der Waals surface area contributed by atoms with Gasteiger partial charge in [0.2, 0.25) is 5.91 Å². The third kappa shape index (κ3) is 3.09. The third-order valence-electron chi connectivity index (χ3n) is 5.20. The Morgan fingerprint density at radius 3 is 2.39 bits per heavy atom. The Morgan fingerprint density at radius 1 is 1.00 bits per heavy atom. The monoisotopic (exact) mass is 374 g/mol. The van der Waals surface area contributed by atoms with Gasteiger partial charge in [-0.3, -0.25) is 9.59 Å². The Kier molecular flexibility index (Phi) is 4.74. The van der Waals surface area contributed by atoms with Gasteiger partial charge < -0.3 is 14.2 Å². The number of hydrogen-bond donors (Lipinski definition) is 0. The van der Waals surface area contributed by atoms with E-state index in [0.29, 0.717) is 12.2 Å². The summed E-state index contributed by atoms with van der Waals surface area (Å²) in [5.41, 5.74) is 2.63. The maximum absolute atomic E-state index is 13.1. The van der Waals surface area contributed by atoms with E-state index >= 15 is 0 Å². The van der Waals surface area contributed by atoms with Gasteiger partial charge in [-0.1, -0.05) is 36.4 Å². The van der Waals surface area contributed by atoms with E-state index in [1.54, 1.807) is 24.0 Å². The maximum atomic E-state index is 13.1. The lowest BCUT2D eigenvalue weighted by atomic mass is 9.89. The third-order valence-corrected chi connectivity index (χ3v) is 5.20. The molecule has 3 aromatic rings. The minimum atomic E-state index is -0.169. The molecule has 0 bridgehead atoms. The Balaban J connectivity index is 1.79. The van der Waals surface area contributed by atoms with Crippen LogP contribution in [0.3, 0.4) is 0 Å². The van der Waals surface area contributed by atoms with Crippen LogP contribution in [0.5, 0.6) is 0 Å². The molecule has 2 heterocycles. The molecule has 0 fully saturated rings. The zero-order valence-corrected chi connectivity index (χ0v) is 15.9. The lowest BCUT2D eigenvalue weighted by molar-refractivity contribution is -0.117. The minimum absolute atomic E-state index is 0.0241. The van der Waals surface area contributed by atoms with Crippen LogP contribution in [-0.2, 0) is 4.79 Å². The second kappa shape index (κ2) is 7.35. The van der Waals surface area contributed by atoms with Gasteiger partial charge in [0.1, 0.15) is 0 Å². The van der Waals surface area contributed by atoms with Crippen molar-refractivity contribution >= 4 is 23.2 Å². The van der Waals surface area contributed by atoms with Gasteiger partial charge in [-0.25, -0.2) is 0 Å². The van der Waals surface area contributed by atoms with Gasteiger partial charge in [0.25, 0.3) is 5.91 Å². The van der Waals surface area contributed by atoms with Crippen LogP contribution >= 0.6 is 0 Å². The molecule has 0 unspecified atom stereocenters. The van der Waals surface area contributed by atoms with Crippen LogP contribution in [0.1, 0.15) is 42.4 Å². The number of carbonyl (C=O) groups excluding carboxylic acids is 2. The van der Waals surface area contributed by atoms with Crippen LogP contribution in [0.25, 0.3) is 0 Å². The quantitative estimate of drug-likeness (QED) is 0.661. The Morgan fingerprint density at radius 2 is 1.71 bits per heavy atom. The van der Waals surface area contributed by atoms with Gasteiger partial charge in [0.15, 0.2) is 5.76 Å². The van der Waals surface area contributed by atoms with E-state index in [9.17, 15) is 9.59 Å². The topological polar surface area (TPSA) is 53.8 Å². The molecule has 142 valence electrons. The molecule has 1 aliphatic heterocycles. The largest absolute Gasteiger partial charge is 0.459 e. The van der Waals surface area contributed by atoms with Gasteiger partial charge in [0, 0.05) is 24.3 Å². The van der Waals surface area contributed by atoms with Crippen molar-refractivity contribution in [1.82, 2.24) is 0 Å². The summed E-state index contributed by atoms with van der Waals surface area (Å²) in [6.07, 6.45) is 2.14. The molecule has 2 aromatic carbocycles. The molecule has 0 spiro atoms. The number of amides is 2. The van der Waals surface area contributed by atoms with Gasteiger partial charge in [0.05, 0.1) is 12.3 Å². The SMILES string of the molecule is CC(=O)N(c1ccccc1)[C@@H]1C[C@H](C)N(C(=O)c2ccco2)c2ccccc21. The van der Waals surface area contributed by atoms with Crippen molar-refractivity contribution in [3.63, 3.8) is 0 Å². The van der Waals surface area contributed by atoms with Crippen molar-refractivity contribution in [2.45, 2.75) is 32.4 Å². The molecule has 1 aromatic heterocycles.